The molecule has 4 nitrogen and oxygen atoms in total. The van der Waals surface area contributed by atoms with Gasteiger partial charge in [-0.25, -0.2) is 0 Å². The first-order chi connectivity index (χ1) is 11.7. The highest BCUT2D eigenvalue weighted by atomic mass is 32.2. The van der Waals surface area contributed by atoms with Crippen molar-refractivity contribution in [2.75, 3.05) is 16.8 Å². The molecule has 5 heteroatoms. The zero-order valence-electron chi connectivity index (χ0n) is 13.7. The van der Waals surface area contributed by atoms with Crippen molar-refractivity contribution < 1.29 is 9.59 Å². The highest BCUT2D eigenvalue weighted by Crippen LogP contribution is 2.11. The molecule has 0 saturated carbocycles. The van der Waals surface area contributed by atoms with E-state index in [0.717, 1.165) is 17.1 Å². The largest absolute Gasteiger partial charge is 0.348 e. The predicted octanol–water partition coefficient (Wildman–Crippen LogP) is 3.70. The van der Waals surface area contributed by atoms with Gasteiger partial charge in [0.15, 0.2) is 0 Å². The molecule has 2 N–H and O–H groups in total. The average Bonchev–Trinajstić information content (AvgIpc) is 2.61. The average molecular weight is 342 g/mol. The van der Waals surface area contributed by atoms with Crippen LogP contribution in [0.5, 0.6) is 0 Å². The predicted molar refractivity (Wildman–Crippen MR) is 100 cm³/mol. The number of nitrogens with one attached hydrogen (secondary N) is 2. The van der Waals surface area contributed by atoms with Crippen molar-refractivity contribution >= 4 is 29.3 Å². The summed E-state index contributed by atoms with van der Waals surface area (Å²) in [4.78, 5) is 23.9. The Balaban J connectivity index is 1.82. The molecule has 2 amide bonds. The van der Waals surface area contributed by atoms with Crippen molar-refractivity contribution in [2.45, 2.75) is 19.9 Å². The monoisotopic (exact) mass is 342 g/mol. The molecule has 2 aromatic carbocycles. The molecule has 2 rings (SSSR count). The summed E-state index contributed by atoms with van der Waals surface area (Å²) in [5.41, 5.74) is 2.34. The van der Waals surface area contributed by atoms with Gasteiger partial charge >= 0.3 is 0 Å². The van der Waals surface area contributed by atoms with Gasteiger partial charge in [0.05, 0.1) is 0 Å². The Morgan fingerprint density at radius 3 is 2.38 bits per heavy atom. The normalized spacial score (nSPS) is 10.2. The van der Waals surface area contributed by atoms with Crippen LogP contribution in [0, 0.1) is 0 Å². The van der Waals surface area contributed by atoms with Crippen LogP contribution in [0.1, 0.15) is 29.3 Å². The molecule has 0 aromatic heterocycles. The summed E-state index contributed by atoms with van der Waals surface area (Å²) in [7, 11) is 0. The van der Waals surface area contributed by atoms with Crippen molar-refractivity contribution in [2.24, 2.45) is 0 Å². The van der Waals surface area contributed by atoms with Crippen LogP contribution in [-0.4, -0.2) is 23.3 Å². The SMILES string of the molecule is CCSCCC(=O)Nc1ccc(C(=O)NCc2ccccc2)cc1. The van der Waals surface area contributed by atoms with Gasteiger partial charge in [-0.3, -0.25) is 9.59 Å². The molecule has 0 radical (unpaired) electrons. The van der Waals surface area contributed by atoms with Gasteiger partial charge in [-0.1, -0.05) is 37.3 Å². The maximum Gasteiger partial charge on any atom is 0.251 e. The fourth-order valence-corrected chi connectivity index (χ4v) is 2.74. The number of amides is 2. The molecule has 0 heterocycles. The lowest BCUT2D eigenvalue weighted by Crippen LogP contribution is -2.22. The zero-order chi connectivity index (χ0) is 17.2. The number of thioether (sulfide) groups is 1. The highest BCUT2D eigenvalue weighted by molar-refractivity contribution is 7.99. The molecule has 0 spiro atoms. The van der Waals surface area contributed by atoms with E-state index in [1.807, 2.05) is 30.3 Å². The second-order valence-corrected chi connectivity index (χ2v) is 6.63. The van der Waals surface area contributed by atoms with Crippen molar-refractivity contribution in [3.05, 3.63) is 65.7 Å². The Morgan fingerprint density at radius 2 is 1.71 bits per heavy atom. The maximum atomic E-state index is 12.1. The van der Waals surface area contributed by atoms with Gasteiger partial charge in [-0.05, 0) is 35.6 Å². The fraction of sp³-hybridized carbons (Fsp3) is 0.263. The number of hydrogen-bond donors (Lipinski definition) is 2. The van der Waals surface area contributed by atoms with E-state index in [1.165, 1.54) is 0 Å². The number of benzene rings is 2. The lowest BCUT2D eigenvalue weighted by molar-refractivity contribution is -0.115. The van der Waals surface area contributed by atoms with Crippen LogP contribution in [0.2, 0.25) is 0 Å². The Morgan fingerprint density at radius 1 is 1.00 bits per heavy atom. The van der Waals surface area contributed by atoms with Crippen molar-refractivity contribution in [1.82, 2.24) is 5.32 Å². The number of carbonyl (C=O) groups is 2. The Kier molecular flexibility index (Phi) is 7.36. The summed E-state index contributed by atoms with van der Waals surface area (Å²) in [6, 6.07) is 16.7. The smallest absolute Gasteiger partial charge is 0.251 e. The van der Waals surface area contributed by atoms with E-state index < -0.39 is 0 Å². The third-order valence-electron chi connectivity index (χ3n) is 3.40. The molecule has 0 aliphatic heterocycles. The fourth-order valence-electron chi connectivity index (χ4n) is 2.12. The van der Waals surface area contributed by atoms with Crippen LogP contribution < -0.4 is 10.6 Å². The first-order valence-electron chi connectivity index (χ1n) is 7.99. The second-order valence-electron chi connectivity index (χ2n) is 5.24. The lowest BCUT2D eigenvalue weighted by Gasteiger charge is -2.08. The van der Waals surface area contributed by atoms with Gasteiger partial charge in [0.2, 0.25) is 5.91 Å². The van der Waals surface area contributed by atoms with E-state index in [1.54, 1.807) is 36.0 Å². The van der Waals surface area contributed by atoms with Gasteiger partial charge < -0.3 is 10.6 Å². The molecule has 2 aromatic rings. The number of rotatable bonds is 8. The zero-order valence-corrected chi connectivity index (χ0v) is 14.6. The lowest BCUT2D eigenvalue weighted by atomic mass is 10.1. The number of carbonyl (C=O) groups excluding carboxylic acids is 2. The van der Waals surface area contributed by atoms with Crippen molar-refractivity contribution in [3.63, 3.8) is 0 Å². The molecular weight excluding hydrogens is 320 g/mol. The van der Waals surface area contributed by atoms with Crippen molar-refractivity contribution in [1.29, 1.82) is 0 Å². The van der Waals surface area contributed by atoms with Crippen LogP contribution >= 0.6 is 11.8 Å². The number of anilines is 1. The summed E-state index contributed by atoms with van der Waals surface area (Å²) < 4.78 is 0. The van der Waals surface area contributed by atoms with Crippen LogP contribution in [0.25, 0.3) is 0 Å². The standard InChI is InChI=1S/C19H22N2O2S/c1-2-24-13-12-18(22)21-17-10-8-16(9-11-17)19(23)20-14-15-6-4-3-5-7-15/h3-11H,2,12-14H2,1H3,(H,20,23)(H,21,22). The maximum absolute atomic E-state index is 12.1. The molecule has 0 aliphatic rings. The van der Waals surface area contributed by atoms with Crippen LogP contribution in [0.4, 0.5) is 5.69 Å². The molecule has 24 heavy (non-hydrogen) atoms. The molecular formula is C19H22N2O2S. The van der Waals surface area contributed by atoms with Gasteiger partial charge in [-0.2, -0.15) is 11.8 Å². The summed E-state index contributed by atoms with van der Waals surface area (Å²) >= 11 is 1.74. The molecule has 0 saturated heterocycles. The minimum absolute atomic E-state index is 0.00257. The van der Waals surface area contributed by atoms with E-state index in [0.29, 0.717) is 24.2 Å². The van der Waals surface area contributed by atoms with Crippen LogP contribution in [0.15, 0.2) is 54.6 Å². The third kappa shape index (κ3) is 6.08. The van der Waals surface area contributed by atoms with Crippen molar-refractivity contribution in [3.8, 4) is 0 Å². The third-order valence-corrected chi connectivity index (χ3v) is 4.31. The van der Waals surface area contributed by atoms with Gasteiger partial charge in [-0.15, -0.1) is 0 Å². The van der Waals surface area contributed by atoms with Gasteiger partial charge in [0.25, 0.3) is 5.91 Å². The van der Waals surface area contributed by atoms with E-state index in [4.69, 9.17) is 0 Å². The first kappa shape index (κ1) is 18.1. The number of hydrogen-bond acceptors (Lipinski definition) is 3. The van der Waals surface area contributed by atoms with E-state index in [-0.39, 0.29) is 11.8 Å². The Bertz CT molecular complexity index is 657. The molecule has 0 aliphatic carbocycles. The van der Waals surface area contributed by atoms with Crippen LogP contribution in [-0.2, 0) is 11.3 Å². The minimum Gasteiger partial charge on any atom is -0.348 e. The van der Waals surface area contributed by atoms with E-state index in [9.17, 15) is 9.59 Å². The quantitative estimate of drug-likeness (QED) is 0.719. The van der Waals surface area contributed by atoms with E-state index in [2.05, 4.69) is 17.6 Å². The summed E-state index contributed by atoms with van der Waals surface area (Å²) in [6.07, 6.45) is 0.498. The molecule has 0 bridgehead atoms. The highest BCUT2D eigenvalue weighted by Gasteiger charge is 2.06. The molecule has 0 fully saturated rings. The Labute approximate surface area is 147 Å². The molecule has 126 valence electrons. The first-order valence-corrected chi connectivity index (χ1v) is 9.14. The summed E-state index contributed by atoms with van der Waals surface area (Å²) in [5.74, 6) is 1.70. The van der Waals surface area contributed by atoms with E-state index >= 15 is 0 Å². The molecule has 0 atom stereocenters. The second kappa shape index (κ2) is 9.78. The van der Waals surface area contributed by atoms with Crippen LogP contribution in [0.3, 0.4) is 0 Å². The summed E-state index contributed by atoms with van der Waals surface area (Å²) in [5, 5.41) is 5.72. The summed E-state index contributed by atoms with van der Waals surface area (Å²) in [6.45, 7) is 2.57. The Hall–Kier alpha value is -2.27. The minimum atomic E-state index is -0.129. The van der Waals surface area contributed by atoms with Gasteiger partial charge in [0.1, 0.15) is 0 Å². The van der Waals surface area contributed by atoms with Gasteiger partial charge in [0, 0.05) is 30.0 Å². The molecule has 0 unspecified atom stereocenters. The topological polar surface area (TPSA) is 58.2 Å².